The molecule has 0 heterocycles. The van der Waals surface area contributed by atoms with Crippen molar-refractivity contribution in [2.45, 2.75) is 46.5 Å². The molecule has 0 bridgehead atoms. The number of ketones is 1. The Bertz CT molecular complexity index is 410. The minimum atomic E-state index is -0.699. The summed E-state index contributed by atoms with van der Waals surface area (Å²) in [5.41, 5.74) is 1.28. The maximum Gasteiger partial charge on any atom is 0.306 e. The second-order valence-electron chi connectivity index (χ2n) is 6.29. The van der Waals surface area contributed by atoms with E-state index < -0.39 is 5.97 Å². The van der Waals surface area contributed by atoms with Crippen molar-refractivity contribution in [2.24, 2.45) is 23.2 Å². The van der Waals surface area contributed by atoms with Crippen LogP contribution in [0.25, 0.3) is 0 Å². The standard InChI is InChI=1S/C15H22O3/c1-9-6-13(16)7-12-5-4-11(8-15(9,12)3)10(2)14(17)18/h7,9-11H,4-6,8H2,1-3H3,(H,17,18). The van der Waals surface area contributed by atoms with Gasteiger partial charge in [-0.25, -0.2) is 0 Å². The third-order valence-electron chi connectivity index (χ3n) is 5.23. The van der Waals surface area contributed by atoms with Crippen LogP contribution >= 0.6 is 0 Å². The second kappa shape index (κ2) is 4.52. The number of aliphatic carboxylic acids is 1. The van der Waals surface area contributed by atoms with Crippen molar-refractivity contribution in [1.82, 2.24) is 0 Å². The number of carboxylic acid groups (broad SMARTS) is 1. The monoisotopic (exact) mass is 250 g/mol. The summed E-state index contributed by atoms with van der Waals surface area (Å²) < 4.78 is 0. The van der Waals surface area contributed by atoms with E-state index in [9.17, 15) is 9.59 Å². The molecule has 4 atom stereocenters. The molecule has 1 N–H and O–H groups in total. The number of carboxylic acids is 1. The van der Waals surface area contributed by atoms with Gasteiger partial charge in [-0.05, 0) is 42.6 Å². The fourth-order valence-electron chi connectivity index (χ4n) is 3.57. The van der Waals surface area contributed by atoms with Gasteiger partial charge in [0.25, 0.3) is 0 Å². The first-order valence-electron chi connectivity index (χ1n) is 6.81. The molecule has 0 radical (unpaired) electrons. The van der Waals surface area contributed by atoms with Crippen LogP contribution in [0.3, 0.4) is 0 Å². The number of carbonyl (C=O) groups excluding carboxylic acids is 1. The van der Waals surface area contributed by atoms with Crippen LogP contribution in [0.1, 0.15) is 46.5 Å². The average molecular weight is 250 g/mol. The predicted octanol–water partition coefficient (Wildman–Crippen LogP) is 3.05. The molecule has 3 heteroatoms. The molecule has 2 rings (SSSR count). The summed E-state index contributed by atoms with van der Waals surface area (Å²) in [6.45, 7) is 6.14. The molecule has 4 unspecified atom stereocenters. The molecule has 0 amide bonds. The molecule has 0 spiro atoms. The average Bonchev–Trinajstić information content (AvgIpc) is 2.29. The normalized spacial score (nSPS) is 37.7. The minimum absolute atomic E-state index is 0.0283. The van der Waals surface area contributed by atoms with Crippen LogP contribution in [0, 0.1) is 23.2 Å². The number of rotatable bonds is 2. The van der Waals surface area contributed by atoms with E-state index in [0.29, 0.717) is 12.3 Å². The minimum Gasteiger partial charge on any atom is -0.481 e. The first kappa shape index (κ1) is 13.3. The second-order valence-corrected chi connectivity index (χ2v) is 6.29. The maximum atomic E-state index is 11.6. The summed E-state index contributed by atoms with van der Waals surface area (Å²) in [6, 6.07) is 0. The van der Waals surface area contributed by atoms with Crippen molar-refractivity contribution in [2.75, 3.05) is 0 Å². The van der Waals surface area contributed by atoms with Gasteiger partial charge in [-0.15, -0.1) is 0 Å². The van der Waals surface area contributed by atoms with Crippen LogP contribution < -0.4 is 0 Å². The van der Waals surface area contributed by atoms with Crippen molar-refractivity contribution in [3.63, 3.8) is 0 Å². The molecule has 100 valence electrons. The van der Waals surface area contributed by atoms with Gasteiger partial charge < -0.3 is 5.11 Å². The summed E-state index contributed by atoms with van der Waals surface area (Å²) in [5.74, 6) is -0.183. The Morgan fingerprint density at radius 1 is 1.56 bits per heavy atom. The van der Waals surface area contributed by atoms with Crippen LogP contribution in [0.2, 0.25) is 0 Å². The Balaban J connectivity index is 2.23. The number of hydrogen-bond acceptors (Lipinski definition) is 2. The molecule has 1 fully saturated rings. The fraction of sp³-hybridized carbons (Fsp3) is 0.733. The predicted molar refractivity (Wildman–Crippen MR) is 69.1 cm³/mol. The number of allylic oxidation sites excluding steroid dienone is 2. The van der Waals surface area contributed by atoms with Gasteiger partial charge in [-0.2, -0.15) is 0 Å². The van der Waals surface area contributed by atoms with E-state index in [0.717, 1.165) is 19.3 Å². The molecular formula is C15H22O3. The SMILES string of the molecule is CC(C(=O)O)C1CCC2=CC(=O)CC(C)C2(C)C1. The van der Waals surface area contributed by atoms with E-state index in [-0.39, 0.29) is 23.0 Å². The smallest absolute Gasteiger partial charge is 0.306 e. The molecular weight excluding hydrogens is 228 g/mol. The van der Waals surface area contributed by atoms with E-state index in [1.165, 1.54) is 5.57 Å². The van der Waals surface area contributed by atoms with Gasteiger partial charge in [0, 0.05) is 6.42 Å². The number of fused-ring (bicyclic) bond motifs is 1. The first-order chi connectivity index (χ1) is 8.34. The van der Waals surface area contributed by atoms with Crippen LogP contribution in [0.15, 0.2) is 11.6 Å². The lowest BCUT2D eigenvalue weighted by atomic mass is 9.57. The van der Waals surface area contributed by atoms with Gasteiger partial charge in [-0.1, -0.05) is 26.3 Å². The Kier molecular flexibility index (Phi) is 3.35. The van der Waals surface area contributed by atoms with Crippen molar-refractivity contribution >= 4 is 11.8 Å². The third-order valence-corrected chi connectivity index (χ3v) is 5.23. The van der Waals surface area contributed by atoms with Crippen molar-refractivity contribution in [3.8, 4) is 0 Å². The van der Waals surface area contributed by atoms with E-state index >= 15 is 0 Å². The molecule has 0 aliphatic heterocycles. The van der Waals surface area contributed by atoms with Gasteiger partial charge in [0.2, 0.25) is 0 Å². The molecule has 3 nitrogen and oxygen atoms in total. The topological polar surface area (TPSA) is 54.4 Å². The highest BCUT2D eigenvalue weighted by molar-refractivity contribution is 5.92. The van der Waals surface area contributed by atoms with Crippen LogP contribution in [-0.2, 0) is 9.59 Å². The molecule has 1 saturated carbocycles. The molecule has 2 aliphatic rings. The molecule has 0 saturated heterocycles. The van der Waals surface area contributed by atoms with Crippen LogP contribution in [-0.4, -0.2) is 16.9 Å². The Morgan fingerprint density at radius 2 is 2.22 bits per heavy atom. The third kappa shape index (κ3) is 2.11. The number of carbonyl (C=O) groups is 2. The lowest BCUT2D eigenvalue weighted by Gasteiger charge is -2.47. The van der Waals surface area contributed by atoms with E-state index in [2.05, 4.69) is 13.8 Å². The van der Waals surface area contributed by atoms with E-state index in [4.69, 9.17) is 5.11 Å². The Labute approximate surface area is 108 Å². The van der Waals surface area contributed by atoms with Gasteiger partial charge in [0.1, 0.15) is 0 Å². The van der Waals surface area contributed by atoms with Gasteiger partial charge in [0.05, 0.1) is 5.92 Å². The molecule has 0 aromatic heterocycles. The lowest BCUT2D eigenvalue weighted by molar-refractivity contribution is -0.144. The number of hydrogen-bond donors (Lipinski definition) is 1. The Hall–Kier alpha value is -1.12. The quantitative estimate of drug-likeness (QED) is 0.819. The van der Waals surface area contributed by atoms with Crippen LogP contribution in [0.4, 0.5) is 0 Å². The van der Waals surface area contributed by atoms with Crippen molar-refractivity contribution in [1.29, 1.82) is 0 Å². The van der Waals surface area contributed by atoms with E-state index in [1.807, 2.05) is 13.0 Å². The van der Waals surface area contributed by atoms with Crippen molar-refractivity contribution in [3.05, 3.63) is 11.6 Å². The lowest BCUT2D eigenvalue weighted by Crippen LogP contribution is -2.40. The molecule has 2 aliphatic carbocycles. The molecule has 0 aromatic carbocycles. The highest BCUT2D eigenvalue weighted by atomic mass is 16.4. The molecule has 0 aromatic rings. The van der Waals surface area contributed by atoms with Crippen LogP contribution in [0.5, 0.6) is 0 Å². The van der Waals surface area contributed by atoms with Gasteiger partial charge >= 0.3 is 5.97 Å². The summed E-state index contributed by atoms with van der Waals surface area (Å²) in [5, 5.41) is 9.15. The summed E-state index contributed by atoms with van der Waals surface area (Å²) >= 11 is 0. The highest BCUT2D eigenvalue weighted by Gasteiger charge is 2.45. The summed E-state index contributed by atoms with van der Waals surface area (Å²) in [7, 11) is 0. The van der Waals surface area contributed by atoms with Gasteiger partial charge in [-0.3, -0.25) is 9.59 Å². The largest absolute Gasteiger partial charge is 0.481 e. The van der Waals surface area contributed by atoms with E-state index in [1.54, 1.807) is 0 Å². The summed E-state index contributed by atoms with van der Waals surface area (Å²) in [6.07, 6.45) is 5.11. The van der Waals surface area contributed by atoms with Gasteiger partial charge in [0.15, 0.2) is 5.78 Å². The zero-order valence-corrected chi connectivity index (χ0v) is 11.4. The zero-order valence-electron chi connectivity index (χ0n) is 11.4. The maximum absolute atomic E-state index is 11.6. The zero-order chi connectivity index (χ0) is 13.5. The fourth-order valence-corrected chi connectivity index (χ4v) is 3.57. The first-order valence-corrected chi connectivity index (χ1v) is 6.81. The molecule has 18 heavy (non-hydrogen) atoms. The summed E-state index contributed by atoms with van der Waals surface area (Å²) in [4.78, 5) is 22.8. The van der Waals surface area contributed by atoms with Crippen molar-refractivity contribution < 1.29 is 14.7 Å². The Morgan fingerprint density at radius 3 is 2.83 bits per heavy atom. The highest BCUT2D eigenvalue weighted by Crippen LogP contribution is 2.52.